The number of carbonyl (C=O) groups is 3. The van der Waals surface area contributed by atoms with Gasteiger partial charge in [-0.2, -0.15) is 8.42 Å². The molecule has 0 aromatic heterocycles. The predicted octanol–water partition coefficient (Wildman–Crippen LogP) is 6.13. The van der Waals surface area contributed by atoms with E-state index in [0.717, 1.165) is 4.90 Å². The third kappa shape index (κ3) is 6.15. The van der Waals surface area contributed by atoms with Crippen molar-refractivity contribution in [1.82, 2.24) is 5.32 Å². The van der Waals surface area contributed by atoms with Crippen molar-refractivity contribution in [3.05, 3.63) is 85.8 Å². The van der Waals surface area contributed by atoms with E-state index in [0.29, 0.717) is 5.02 Å². The minimum absolute atomic E-state index is 0.0736. The van der Waals surface area contributed by atoms with Crippen LogP contribution in [-0.2, 0) is 19.7 Å². The third-order valence-electron chi connectivity index (χ3n) is 5.20. The van der Waals surface area contributed by atoms with Gasteiger partial charge in [-0.25, -0.2) is 9.69 Å². The molecule has 3 aromatic rings. The summed E-state index contributed by atoms with van der Waals surface area (Å²) in [4.78, 5) is 38.8. The SMILES string of the molecule is CCOc1cc(/C=C2\C(=O)NC(=O)N(c3ccc(Cl)c(Cl)c3)C2=O)cc(Cl)c1OS(=O)(=O)c1ccc(Cl)cc1. The van der Waals surface area contributed by atoms with Gasteiger partial charge in [0.1, 0.15) is 10.5 Å². The summed E-state index contributed by atoms with van der Waals surface area (Å²) in [5, 5.41) is 2.53. The van der Waals surface area contributed by atoms with Gasteiger partial charge in [0, 0.05) is 5.02 Å². The van der Waals surface area contributed by atoms with E-state index in [4.69, 9.17) is 55.3 Å². The van der Waals surface area contributed by atoms with Gasteiger partial charge in [0.25, 0.3) is 11.8 Å². The normalized spacial score (nSPS) is 14.9. The van der Waals surface area contributed by atoms with Crippen LogP contribution in [0.1, 0.15) is 12.5 Å². The van der Waals surface area contributed by atoms with Crippen LogP contribution in [0.5, 0.6) is 11.5 Å². The van der Waals surface area contributed by atoms with Crippen LogP contribution in [0.4, 0.5) is 10.5 Å². The number of carbonyl (C=O) groups excluding carboxylic acids is 3. The molecule has 1 saturated heterocycles. The lowest BCUT2D eigenvalue weighted by atomic mass is 10.1. The molecule has 0 atom stereocenters. The molecule has 3 aromatic carbocycles. The molecule has 1 aliphatic rings. The minimum atomic E-state index is -4.32. The first-order valence-corrected chi connectivity index (χ1v) is 13.9. The number of ether oxygens (including phenoxy) is 1. The maximum absolute atomic E-state index is 13.2. The van der Waals surface area contributed by atoms with E-state index < -0.39 is 33.5 Å². The molecule has 0 unspecified atom stereocenters. The van der Waals surface area contributed by atoms with Gasteiger partial charge in [-0.05, 0) is 73.2 Å². The Bertz CT molecular complexity index is 1640. The van der Waals surface area contributed by atoms with Crippen molar-refractivity contribution in [3.63, 3.8) is 0 Å². The zero-order chi connectivity index (χ0) is 28.5. The summed E-state index contributed by atoms with van der Waals surface area (Å²) in [6.45, 7) is 1.75. The van der Waals surface area contributed by atoms with Gasteiger partial charge < -0.3 is 8.92 Å². The number of barbiturate groups is 1. The zero-order valence-corrected chi connectivity index (χ0v) is 23.5. The van der Waals surface area contributed by atoms with Crippen LogP contribution < -0.4 is 19.1 Å². The molecular weight excluding hydrogens is 614 g/mol. The summed E-state index contributed by atoms with van der Waals surface area (Å²) in [6, 6.07) is 11.0. The number of amides is 4. The summed E-state index contributed by atoms with van der Waals surface area (Å²) in [5.74, 6) is -2.28. The van der Waals surface area contributed by atoms with Crippen LogP contribution in [-0.4, -0.2) is 32.9 Å². The van der Waals surface area contributed by atoms with E-state index in [1.807, 2.05) is 0 Å². The molecule has 1 aliphatic heterocycles. The minimum Gasteiger partial charge on any atom is -0.490 e. The monoisotopic (exact) mass is 628 g/mol. The number of nitrogens with one attached hydrogen (secondary N) is 1. The number of imide groups is 2. The van der Waals surface area contributed by atoms with Gasteiger partial charge in [-0.1, -0.05) is 46.4 Å². The Morgan fingerprint density at radius 1 is 0.897 bits per heavy atom. The fourth-order valence-corrected chi connectivity index (χ4v) is 5.14. The molecule has 0 saturated carbocycles. The molecular formula is C25H16Cl4N2O7S. The highest BCUT2D eigenvalue weighted by atomic mass is 35.5. The van der Waals surface area contributed by atoms with Crippen molar-refractivity contribution >= 4 is 86.1 Å². The molecule has 1 heterocycles. The van der Waals surface area contributed by atoms with Gasteiger partial charge in [-0.15, -0.1) is 0 Å². The number of hydrogen-bond donors (Lipinski definition) is 1. The Kier molecular flexibility index (Phi) is 8.43. The fraction of sp³-hybridized carbons (Fsp3) is 0.0800. The molecule has 0 aliphatic carbocycles. The number of hydrogen-bond acceptors (Lipinski definition) is 7. The molecule has 0 bridgehead atoms. The van der Waals surface area contributed by atoms with Crippen molar-refractivity contribution < 1.29 is 31.7 Å². The van der Waals surface area contributed by atoms with E-state index in [-0.39, 0.29) is 49.3 Å². The van der Waals surface area contributed by atoms with Crippen LogP contribution in [0.2, 0.25) is 20.1 Å². The van der Waals surface area contributed by atoms with Crippen LogP contribution in [0, 0.1) is 0 Å². The number of urea groups is 1. The average Bonchev–Trinajstić information content (AvgIpc) is 2.86. The highest BCUT2D eigenvalue weighted by Gasteiger charge is 2.37. The fourth-order valence-electron chi connectivity index (χ4n) is 3.46. The van der Waals surface area contributed by atoms with Crippen LogP contribution in [0.15, 0.2) is 65.1 Å². The lowest BCUT2D eigenvalue weighted by molar-refractivity contribution is -0.122. The van der Waals surface area contributed by atoms with E-state index in [1.54, 1.807) is 6.92 Å². The summed E-state index contributed by atoms with van der Waals surface area (Å²) in [5.41, 5.74) is -0.155. The standard InChI is InChI=1S/C25H16Cl4N2O7S/c1-2-37-21-11-13(10-20(29)22(21)38-39(35,36)16-6-3-14(26)4-7-16)9-17-23(32)30-25(34)31(24(17)33)15-5-8-18(27)19(28)12-15/h3-12H,2H2,1H3,(H,30,32,34)/b17-9+. The summed E-state index contributed by atoms with van der Waals surface area (Å²) in [6.07, 6.45) is 1.17. The quantitative estimate of drug-likeness (QED) is 0.190. The third-order valence-corrected chi connectivity index (χ3v) is 7.71. The summed E-state index contributed by atoms with van der Waals surface area (Å²) >= 11 is 24.1. The topological polar surface area (TPSA) is 119 Å². The number of nitrogens with zero attached hydrogens (tertiary/aromatic N) is 1. The lowest BCUT2D eigenvalue weighted by Gasteiger charge is -2.26. The van der Waals surface area contributed by atoms with Crippen molar-refractivity contribution in [1.29, 1.82) is 0 Å². The molecule has 1 N–H and O–H groups in total. The maximum atomic E-state index is 13.2. The molecule has 4 rings (SSSR count). The Balaban J connectivity index is 1.72. The second-order valence-electron chi connectivity index (χ2n) is 7.81. The van der Waals surface area contributed by atoms with Crippen LogP contribution in [0.3, 0.4) is 0 Å². The molecule has 39 heavy (non-hydrogen) atoms. The van der Waals surface area contributed by atoms with Crippen molar-refractivity contribution in [3.8, 4) is 11.5 Å². The van der Waals surface area contributed by atoms with Gasteiger partial charge in [-0.3, -0.25) is 14.9 Å². The smallest absolute Gasteiger partial charge is 0.339 e. The zero-order valence-electron chi connectivity index (χ0n) is 19.7. The first-order valence-electron chi connectivity index (χ1n) is 10.9. The molecule has 0 radical (unpaired) electrons. The number of halogens is 4. The highest BCUT2D eigenvalue weighted by Crippen LogP contribution is 2.39. The molecule has 1 fully saturated rings. The average molecular weight is 630 g/mol. The van der Waals surface area contributed by atoms with E-state index in [1.165, 1.54) is 60.7 Å². The number of benzene rings is 3. The molecule has 9 nitrogen and oxygen atoms in total. The first kappa shape index (κ1) is 28.7. The lowest BCUT2D eigenvalue weighted by Crippen LogP contribution is -2.54. The van der Waals surface area contributed by atoms with E-state index >= 15 is 0 Å². The van der Waals surface area contributed by atoms with Gasteiger partial charge >= 0.3 is 16.1 Å². The molecule has 0 spiro atoms. The second kappa shape index (κ2) is 11.4. The van der Waals surface area contributed by atoms with Crippen molar-refractivity contribution in [2.45, 2.75) is 11.8 Å². The van der Waals surface area contributed by atoms with Crippen molar-refractivity contribution in [2.24, 2.45) is 0 Å². The summed E-state index contributed by atoms with van der Waals surface area (Å²) < 4.78 is 36.4. The summed E-state index contributed by atoms with van der Waals surface area (Å²) in [7, 11) is -4.32. The molecule has 14 heteroatoms. The van der Waals surface area contributed by atoms with Crippen LogP contribution >= 0.6 is 46.4 Å². The number of rotatable bonds is 7. The van der Waals surface area contributed by atoms with E-state index in [9.17, 15) is 22.8 Å². The van der Waals surface area contributed by atoms with Gasteiger partial charge in [0.05, 0.1) is 27.4 Å². The molecule has 4 amide bonds. The largest absolute Gasteiger partial charge is 0.490 e. The predicted molar refractivity (Wildman–Crippen MR) is 147 cm³/mol. The van der Waals surface area contributed by atoms with Crippen LogP contribution in [0.25, 0.3) is 6.08 Å². The van der Waals surface area contributed by atoms with Gasteiger partial charge in [0.15, 0.2) is 5.75 Å². The highest BCUT2D eigenvalue weighted by molar-refractivity contribution is 7.87. The Labute approximate surface area is 242 Å². The van der Waals surface area contributed by atoms with Gasteiger partial charge in [0.2, 0.25) is 5.75 Å². The van der Waals surface area contributed by atoms with Crippen molar-refractivity contribution in [2.75, 3.05) is 11.5 Å². The number of anilines is 1. The van der Waals surface area contributed by atoms with E-state index in [2.05, 4.69) is 5.32 Å². The Morgan fingerprint density at radius 2 is 1.59 bits per heavy atom. The molecule has 202 valence electrons. The first-order chi connectivity index (χ1) is 18.4. The maximum Gasteiger partial charge on any atom is 0.339 e. The Morgan fingerprint density at radius 3 is 2.23 bits per heavy atom. The second-order valence-corrected chi connectivity index (χ2v) is 11.0. The Hall–Kier alpha value is -3.28.